The van der Waals surface area contributed by atoms with Crippen molar-refractivity contribution in [2.24, 2.45) is 0 Å². The largest absolute Gasteiger partial charge is 0.493 e. The van der Waals surface area contributed by atoms with Crippen LogP contribution in [0.25, 0.3) is 0 Å². The zero-order chi connectivity index (χ0) is 14.7. The Morgan fingerprint density at radius 1 is 1.30 bits per heavy atom. The van der Waals surface area contributed by atoms with Gasteiger partial charge in [0.15, 0.2) is 16.7 Å². The van der Waals surface area contributed by atoms with Gasteiger partial charge in [0.1, 0.15) is 11.4 Å². The van der Waals surface area contributed by atoms with Crippen LogP contribution in [0.15, 0.2) is 24.3 Å². The van der Waals surface area contributed by atoms with Crippen molar-refractivity contribution in [2.75, 3.05) is 7.11 Å². The van der Waals surface area contributed by atoms with Gasteiger partial charge < -0.3 is 14.6 Å². The summed E-state index contributed by atoms with van der Waals surface area (Å²) in [5, 5.41) is 16.0. The number of benzene rings is 1. The summed E-state index contributed by atoms with van der Waals surface area (Å²) in [6.45, 7) is 0. The number of hydrogen-bond acceptors (Lipinski definition) is 5. The van der Waals surface area contributed by atoms with E-state index >= 15 is 0 Å². The van der Waals surface area contributed by atoms with E-state index in [9.17, 15) is 9.18 Å². The van der Waals surface area contributed by atoms with Gasteiger partial charge in [-0.25, -0.2) is 9.18 Å². The number of carboxylic acids is 1. The molecule has 0 aliphatic rings. The number of nitrogens with zero attached hydrogens (tertiary/aromatic N) is 2. The van der Waals surface area contributed by atoms with Crippen molar-refractivity contribution in [3.8, 4) is 17.4 Å². The first-order valence-corrected chi connectivity index (χ1v) is 5.67. The molecular weight excluding hydrogens is 291 g/mol. The lowest BCUT2D eigenvalue weighted by Gasteiger charge is -2.10. The summed E-state index contributed by atoms with van der Waals surface area (Å²) in [4.78, 5) is 11.1. The van der Waals surface area contributed by atoms with Crippen LogP contribution in [0.2, 0.25) is 5.15 Å². The van der Waals surface area contributed by atoms with Crippen molar-refractivity contribution < 1.29 is 23.8 Å². The van der Waals surface area contributed by atoms with Crippen LogP contribution in [0, 0.1) is 5.82 Å². The predicted molar refractivity (Wildman–Crippen MR) is 67.0 cm³/mol. The molecule has 1 heterocycles. The predicted octanol–water partition coefficient (Wildman–Crippen LogP) is 2.77. The van der Waals surface area contributed by atoms with E-state index in [0.717, 1.165) is 18.2 Å². The van der Waals surface area contributed by atoms with Crippen molar-refractivity contribution in [3.05, 3.63) is 40.8 Å². The van der Waals surface area contributed by atoms with Gasteiger partial charge in [0.05, 0.1) is 7.11 Å². The van der Waals surface area contributed by atoms with E-state index in [4.69, 9.17) is 26.2 Å². The van der Waals surface area contributed by atoms with Gasteiger partial charge in [-0.05, 0) is 18.2 Å². The summed E-state index contributed by atoms with van der Waals surface area (Å²) in [6, 6.07) is 4.62. The van der Waals surface area contributed by atoms with Crippen LogP contribution in [0.5, 0.6) is 17.4 Å². The Morgan fingerprint density at radius 2 is 2.05 bits per heavy atom. The summed E-state index contributed by atoms with van der Waals surface area (Å²) in [5.74, 6) is -1.87. The normalized spacial score (nSPS) is 10.2. The number of methoxy groups -OCH3 is 1. The summed E-state index contributed by atoms with van der Waals surface area (Å²) in [5.41, 5.74) is -0.267. The van der Waals surface area contributed by atoms with Crippen molar-refractivity contribution >= 4 is 17.6 Å². The second-order valence-corrected chi connectivity index (χ2v) is 3.98. The average molecular weight is 299 g/mol. The molecule has 0 radical (unpaired) electrons. The molecule has 0 aliphatic carbocycles. The maximum atomic E-state index is 13.1. The zero-order valence-electron chi connectivity index (χ0n) is 10.1. The van der Waals surface area contributed by atoms with E-state index in [-0.39, 0.29) is 28.1 Å². The number of halogens is 2. The van der Waals surface area contributed by atoms with Gasteiger partial charge >= 0.3 is 5.97 Å². The number of carbonyl (C=O) groups is 1. The highest BCUT2D eigenvalue weighted by Crippen LogP contribution is 2.32. The lowest BCUT2D eigenvalue weighted by atomic mass is 10.3. The van der Waals surface area contributed by atoms with Gasteiger partial charge in [0.2, 0.25) is 0 Å². The fourth-order valence-electron chi connectivity index (χ4n) is 1.42. The lowest BCUT2D eigenvalue weighted by molar-refractivity contribution is 0.0693. The van der Waals surface area contributed by atoms with Crippen molar-refractivity contribution in [3.63, 3.8) is 0 Å². The monoisotopic (exact) mass is 298 g/mol. The number of hydrogen-bond donors (Lipinski definition) is 1. The van der Waals surface area contributed by atoms with Gasteiger partial charge in [-0.1, -0.05) is 11.6 Å². The molecular formula is C12H8ClFN2O4. The fourth-order valence-corrected chi connectivity index (χ4v) is 1.56. The molecule has 0 saturated heterocycles. The van der Waals surface area contributed by atoms with E-state index in [2.05, 4.69) is 10.2 Å². The first-order chi connectivity index (χ1) is 9.51. The summed E-state index contributed by atoms with van der Waals surface area (Å²) >= 11 is 5.58. The third-order valence-electron chi connectivity index (χ3n) is 2.29. The first-order valence-electron chi connectivity index (χ1n) is 5.29. The Labute approximate surface area is 117 Å². The van der Waals surface area contributed by atoms with Crippen LogP contribution in [-0.4, -0.2) is 28.4 Å². The van der Waals surface area contributed by atoms with Crippen molar-refractivity contribution in [1.82, 2.24) is 10.2 Å². The van der Waals surface area contributed by atoms with E-state index in [1.165, 1.54) is 13.2 Å². The Kier molecular flexibility index (Phi) is 3.99. The lowest BCUT2D eigenvalue weighted by Crippen LogP contribution is -2.04. The highest BCUT2D eigenvalue weighted by molar-refractivity contribution is 6.29. The highest BCUT2D eigenvalue weighted by atomic mass is 35.5. The summed E-state index contributed by atoms with van der Waals surface area (Å²) in [7, 11) is 1.33. The summed E-state index contributed by atoms with van der Waals surface area (Å²) < 4.78 is 23.3. The molecule has 104 valence electrons. The SMILES string of the molecule is COc1cc(F)ccc1Oc1nnc(Cl)cc1C(=O)O. The maximum Gasteiger partial charge on any atom is 0.341 e. The second kappa shape index (κ2) is 5.70. The van der Waals surface area contributed by atoms with E-state index in [1.807, 2.05) is 0 Å². The second-order valence-electron chi connectivity index (χ2n) is 3.59. The first kappa shape index (κ1) is 14.0. The molecule has 6 nitrogen and oxygen atoms in total. The van der Waals surface area contributed by atoms with Gasteiger partial charge in [-0.15, -0.1) is 10.2 Å². The third-order valence-corrected chi connectivity index (χ3v) is 2.48. The molecule has 0 aliphatic heterocycles. The van der Waals surface area contributed by atoms with E-state index in [0.29, 0.717) is 0 Å². The molecule has 0 atom stereocenters. The number of aromatic carboxylic acids is 1. The minimum atomic E-state index is -1.28. The number of rotatable bonds is 4. The molecule has 0 amide bonds. The van der Waals surface area contributed by atoms with Crippen LogP contribution in [-0.2, 0) is 0 Å². The van der Waals surface area contributed by atoms with Crippen LogP contribution < -0.4 is 9.47 Å². The highest BCUT2D eigenvalue weighted by Gasteiger charge is 2.17. The molecule has 0 fully saturated rings. The fraction of sp³-hybridized carbons (Fsp3) is 0.0833. The van der Waals surface area contributed by atoms with Crippen molar-refractivity contribution in [2.45, 2.75) is 0 Å². The Bertz CT molecular complexity index is 666. The van der Waals surface area contributed by atoms with Crippen LogP contribution in [0.4, 0.5) is 4.39 Å². The number of carboxylic acid groups (broad SMARTS) is 1. The van der Waals surface area contributed by atoms with Crippen LogP contribution in [0.3, 0.4) is 0 Å². The van der Waals surface area contributed by atoms with Crippen LogP contribution >= 0.6 is 11.6 Å². The molecule has 0 saturated carbocycles. The van der Waals surface area contributed by atoms with Gasteiger partial charge in [0.25, 0.3) is 5.88 Å². The number of ether oxygens (including phenoxy) is 2. The molecule has 0 unspecified atom stereocenters. The molecule has 1 aromatic heterocycles. The quantitative estimate of drug-likeness (QED) is 0.934. The Hall–Kier alpha value is -2.41. The molecule has 1 aromatic carbocycles. The standard InChI is InChI=1S/C12H8ClFN2O4/c1-19-9-4-6(14)2-3-8(9)20-11-7(12(17)18)5-10(13)15-16-11/h2-5H,1H3,(H,17,18). The minimum absolute atomic E-state index is 0.0826. The summed E-state index contributed by atoms with van der Waals surface area (Å²) in [6.07, 6.45) is 0. The van der Waals surface area contributed by atoms with Gasteiger partial charge in [-0.3, -0.25) is 0 Å². The molecule has 0 spiro atoms. The topological polar surface area (TPSA) is 81.5 Å². The molecule has 20 heavy (non-hydrogen) atoms. The Morgan fingerprint density at radius 3 is 2.70 bits per heavy atom. The third kappa shape index (κ3) is 2.94. The molecule has 0 bridgehead atoms. The van der Waals surface area contributed by atoms with Gasteiger partial charge in [-0.2, -0.15) is 0 Å². The number of aromatic nitrogens is 2. The van der Waals surface area contributed by atoms with Crippen molar-refractivity contribution in [1.29, 1.82) is 0 Å². The molecule has 8 heteroatoms. The minimum Gasteiger partial charge on any atom is -0.493 e. The maximum absolute atomic E-state index is 13.1. The van der Waals surface area contributed by atoms with E-state index in [1.54, 1.807) is 0 Å². The molecule has 2 rings (SSSR count). The smallest absolute Gasteiger partial charge is 0.341 e. The molecule has 2 aromatic rings. The zero-order valence-corrected chi connectivity index (χ0v) is 10.9. The van der Waals surface area contributed by atoms with E-state index < -0.39 is 11.8 Å². The van der Waals surface area contributed by atoms with Crippen LogP contribution in [0.1, 0.15) is 10.4 Å². The van der Waals surface area contributed by atoms with Gasteiger partial charge in [0, 0.05) is 6.07 Å². The molecule has 1 N–H and O–H groups in total. The Balaban J connectivity index is 2.42. The average Bonchev–Trinajstić information content (AvgIpc) is 2.42.